The Labute approximate surface area is 116 Å². The highest BCUT2D eigenvalue weighted by Crippen LogP contribution is 2.36. The first-order valence-corrected chi connectivity index (χ1v) is 6.50. The summed E-state index contributed by atoms with van der Waals surface area (Å²) in [7, 11) is 0. The van der Waals surface area contributed by atoms with Gasteiger partial charge < -0.3 is 5.32 Å². The van der Waals surface area contributed by atoms with Crippen LogP contribution in [0.2, 0.25) is 10.0 Å². The van der Waals surface area contributed by atoms with Crippen molar-refractivity contribution in [2.45, 2.75) is 39.2 Å². The summed E-state index contributed by atoms with van der Waals surface area (Å²) in [5, 5.41) is 14.7. The van der Waals surface area contributed by atoms with E-state index in [1.54, 1.807) is 0 Å². The van der Waals surface area contributed by atoms with E-state index in [0.29, 0.717) is 10.7 Å². The van der Waals surface area contributed by atoms with Crippen LogP contribution in [-0.2, 0) is 0 Å². The highest BCUT2D eigenvalue weighted by Gasteiger charge is 2.24. The minimum atomic E-state index is -0.462. The van der Waals surface area contributed by atoms with E-state index < -0.39 is 4.92 Å². The lowest BCUT2D eigenvalue weighted by Gasteiger charge is -2.29. The predicted molar refractivity (Wildman–Crippen MR) is 75.7 cm³/mol. The van der Waals surface area contributed by atoms with E-state index in [1.165, 1.54) is 12.1 Å². The molecule has 0 fully saturated rings. The molecule has 1 N–H and O–H groups in total. The molecule has 0 unspecified atom stereocenters. The molecule has 0 aliphatic heterocycles. The molecule has 0 bridgehead atoms. The zero-order chi connectivity index (χ0) is 13.9. The largest absolute Gasteiger partial charge is 0.374 e. The zero-order valence-corrected chi connectivity index (χ0v) is 12.1. The van der Waals surface area contributed by atoms with Gasteiger partial charge in [0.05, 0.1) is 15.0 Å². The quantitative estimate of drug-likeness (QED) is 0.620. The molecule has 0 radical (unpaired) electrons. The van der Waals surface area contributed by atoms with Gasteiger partial charge in [-0.15, -0.1) is 0 Å². The maximum atomic E-state index is 11.0. The van der Waals surface area contributed by atoms with Crippen LogP contribution in [0.3, 0.4) is 0 Å². The molecule has 1 aromatic carbocycles. The van der Waals surface area contributed by atoms with Crippen molar-refractivity contribution in [1.82, 2.24) is 0 Å². The number of nitrogens with one attached hydrogen (secondary N) is 1. The monoisotopic (exact) mass is 290 g/mol. The van der Waals surface area contributed by atoms with E-state index in [2.05, 4.69) is 5.32 Å². The van der Waals surface area contributed by atoms with Crippen LogP contribution in [0.4, 0.5) is 11.4 Å². The lowest BCUT2D eigenvalue weighted by atomic mass is 9.95. The lowest BCUT2D eigenvalue weighted by molar-refractivity contribution is -0.384. The molecule has 4 nitrogen and oxygen atoms in total. The highest BCUT2D eigenvalue weighted by molar-refractivity contribution is 6.42. The van der Waals surface area contributed by atoms with Crippen LogP contribution in [-0.4, -0.2) is 10.5 Å². The van der Waals surface area contributed by atoms with Gasteiger partial charge in [-0.2, -0.15) is 0 Å². The number of nitro groups is 1. The van der Waals surface area contributed by atoms with Crippen molar-refractivity contribution in [3.8, 4) is 0 Å². The van der Waals surface area contributed by atoms with E-state index >= 15 is 0 Å². The topological polar surface area (TPSA) is 55.2 Å². The molecule has 0 aromatic heterocycles. The first kappa shape index (κ1) is 15.1. The van der Waals surface area contributed by atoms with E-state index in [4.69, 9.17) is 23.2 Å². The van der Waals surface area contributed by atoms with Crippen LogP contribution in [0.15, 0.2) is 12.1 Å². The normalized spacial score (nSPS) is 11.4. The van der Waals surface area contributed by atoms with Crippen LogP contribution in [0.25, 0.3) is 0 Å². The fraction of sp³-hybridized carbons (Fsp3) is 0.500. The van der Waals surface area contributed by atoms with Gasteiger partial charge in [0.25, 0.3) is 5.69 Å². The number of hydrogen-bond acceptors (Lipinski definition) is 3. The molecule has 0 spiro atoms. The van der Waals surface area contributed by atoms with Gasteiger partial charge in [0.2, 0.25) is 0 Å². The highest BCUT2D eigenvalue weighted by atomic mass is 35.5. The van der Waals surface area contributed by atoms with Crippen molar-refractivity contribution in [2.75, 3.05) is 5.32 Å². The van der Waals surface area contributed by atoms with Gasteiger partial charge in [0.15, 0.2) is 0 Å². The minimum absolute atomic E-state index is 0.0578. The summed E-state index contributed by atoms with van der Waals surface area (Å²) in [5.41, 5.74) is 0.139. The molecule has 0 aliphatic rings. The summed E-state index contributed by atoms with van der Waals surface area (Å²) in [6.45, 7) is 6.07. The first-order valence-electron chi connectivity index (χ1n) is 5.74. The molecule has 0 aliphatic carbocycles. The average molecular weight is 291 g/mol. The van der Waals surface area contributed by atoms with Crippen LogP contribution >= 0.6 is 23.2 Å². The molecule has 0 saturated carbocycles. The van der Waals surface area contributed by atoms with E-state index in [9.17, 15) is 10.1 Å². The minimum Gasteiger partial charge on any atom is -0.374 e. The van der Waals surface area contributed by atoms with Crippen molar-refractivity contribution in [2.24, 2.45) is 0 Å². The summed E-state index contributed by atoms with van der Waals surface area (Å²) in [4.78, 5) is 10.5. The van der Waals surface area contributed by atoms with E-state index in [-0.39, 0.29) is 16.2 Å². The van der Waals surface area contributed by atoms with Crippen LogP contribution < -0.4 is 5.32 Å². The number of nitrogens with zero attached hydrogens (tertiary/aromatic N) is 1. The Hall–Kier alpha value is -1.00. The Balaban J connectivity index is 3.22. The van der Waals surface area contributed by atoms with Gasteiger partial charge in [-0.1, -0.05) is 37.0 Å². The van der Waals surface area contributed by atoms with Crippen molar-refractivity contribution in [3.63, 3.8) is 0 Å². The zero-order valence-electron chi connectivity index (χ0n) is 10.6. The smallest absolute Gasteiger partial charge is 0.293 e. The molecule has 1 aromatic rings. The number of nitro benzene ring substituents is 1. The third-order valence-corrected chi connectivity index (χ3v) is 3.95. The fourth-order valence-electron chi connectivity index (χ4n) is 1.54. The van der Waals surface area contributed by atoms with Crippen LogP contribution in [0, 0.1) is 10.1 Å². The molecular weight excluding hydrogens is 275 g/mol. The summed E-state index contributed by atoms with van der Waals surface area (Å²) >= 11 is 11.7. The molecule has 0 saturated heterocycles. The fourth-order valence-corrected chi connectivity index (χ4v) is 1.86. The Morgan fingerprint density at radius 1 is 1.28 bits per heavy atom. The lowest BCUT2D eigenvalue weighted by Crippen LogP contribution is -2.33. The van der Waals surface area contributed by atoms with Crippen LogP contribution in [0.5, 0.6) is 0 Å². The number of halogens is 2. The Morgan fingerprint density at radius 2 is 1.78 bits per heavy atom. The number of rotatable bonds is 5. The Morgan fingerprint density at radius 3 is 2.22 bits per heavy atom. The van der Waals surface area contributed by atoms with Gasteiger partial charge >= 0.3 is 0 Å². The SMILES string of the molecule is CCC(C)(CC)Nc1cc(Cl)c(Cl)cc1[N+](=O)[O-]. The van der Waals surface area contributed by atoms with E-state index in [1.807, 2.05) is 20.8 Å². The Bertz CT molecular complexity index is 460. The van der Waals surface area contributed by atoms with Gasteiger partial charge in [-0.3, -0.25) is 10.1 Å². The second kappa shape index (κ2) is 5.76. The predicted octanol–water partition coefficient (Wildman–Crippen LogP) is 4.89. The van der Waals surface area contributed by atoms with Gasteiger partial charge in [-0.25, -0.2) is 0 Å². The summed E-state index contributed by atoms with van der Waals surface area (Å²) in [6.07, 6.45) is 1.70. The summed E-state index contributed by atoms with van der Waals surface area (Å²) in [6, 6.07) is 2.78. The molecule has 6 heteroatoms. The first-order chi connectivity index (χ1) is 8.33. The summed E-state index contributed by atoms with van der Waals surface area (Å²) in [5.74, 6) is 0. The molecule has 0 atom stereocenters. The van der Waals surface area contributed by atoms with Crippen molar-refractivity contribution >= 4 is 34.6 Å². The molecule has 0 amide bonds. The average Bonchev–Trinajstić information content (AvgIpc) is 2.33. The van der Waals surface area contributed by atoms with E-state index in [0.717, 1.165) is 12.8 Å². The summed E-state index contributed by atoms with van der Waals surface area (Å²) < 4.78 is 0. The van der Waals surface area contributed by atoms with Crippen molar-refractivity contribution < 1.29 is 4.92 Å². The van der Waals surface area contributed by atoms with Crippen molar-refractivity contribution in [3.05, 3.63) is 32.3 Å². The standard InChI is InChI=1S/C12H16Cl2N2O2/c1-4-12(3,5-2)15-10-6-8(13)9(14)7-11(10)16(17)18/h6-7,15H,4-5H2,1-3H3. The van der Waals surface area contributed by atoms with Gasteiger partial charge in [-0.05, 0) is 25.8 Å². The number of benzene rings is 1. The molecule has 0 heterocycles. The second-order valence-electron chi connectivity index (χ2n) is 4.43. The Kier molecular flexibility index (Phi) is 4.82. The third kappa shape index (κ3) is 3.27. The van der Waals surface area contributed by atoms with Gasteiger partial charge in [0.1, 0.15) is 5.69 Å². The second-order valence-corrected chi connectivity index (χ2v) is 5.25. The molecular formula is C12H16Cl2N2O2. The van der Waals surface area contributed by atoms with Gasteiger partial charge in [0, 0.05) is 11.6 Å². The molecule has 1 rings (SSSR count). The third-order valence-electron chi connectivity index (χ3n) is 3.23. The number of anilines is 1. The maximum Gasteiger partial charge on any atom is 0.293 e. The van der Waals surface area contributed by atoms with Crippen molar-refractivity contribution in [1.29, 1.82) is 0 Å². The van der Waals surface area contributed by atoms with Crippen LogP contribution in [0.1, 0.15) is 33.6 Å². The number of hydrogen-bond donors (Lipinski definition) is 1. The molecule has 18 heavy (non-hydrogen) atoms. The molecule has 100 valence electrons. The maximum absolute atomic E-state index is 11.0.